The van der Waals surface area contributed by atoms with Crippen LogP contribution in [-0.2, 0) is 0 Å². The van der Waals surface area contributed by atoms with E-state index in [1.54, 1.807) is 5.57 Å². The number of hydrogen-bond donors (Lipinski definition) is 1. The zero-order chi connectivity index (χ0) is 11.8. The van der Waals surface area contributed by atoms with E-state index in [-0.39, 0.29) is 0 Å². The predicted octanol–water partition coefficient (Wildman–Crippen LogP) is 3.21. The van der Waals surface area contributed by atoms with Crippen molar-refractivity contribution >= 4 is 9.76 Å². The van der Waals surface area contributed by atoms with Crippen LogP contribution >= 0.6 is 0 Å². The Labute approximate surface area is 97.9 Å². The lowest BCUT2D eigenvalue weighted by molar-refractivity contribution is 0.583. The molecule has 0 aromatic carbocycles. The molecule has 0 heterocycles. The highest BCUT2D eigenvalue weighted by molar-refractivity contribution is 6.36. The molecule has 0 aliphatic carbocycles. The van der Waals surface area contributed by atoms with Crippen LogP contribution in [0.1, 0.15) is 60.3 Å². The fourth-order valence-electron chi connectivity index (χ4n) is 2.04. The van der Waals surface area contributed by atoms with Crippen molar-refractivity contribution in [1.29, 1.82) is 0 Å². The minimum absolute atomic E-state index is 0.542. The van der Waals surface area contributed by atoms with Crippen molar-refractivity contribution in [2.24, 2.45) is 11.8 Å². The second-order valence-corrected chi connectivity index (χ2v) is 6.05. The summed E-state index contributed by atoms with van der Waals surface area (Å²) in [5.41, 5.74) is 1.55. The third-order valence-corrected chi connectivity index (χ3v) is 4.64. The van der Waals surface area contributed by atoms with Gasteiger partial charge in [-0.25, -0.2) is 0 Å². The molecular weight excluding hydrogens is 200 g/mol. The maximum atomic E-state index is 9.55. The highest BCUT2D eigenvalue weighted by atomic mass is 28.2. The summed E-state index contributed by atoms with van der Waals surface area (Å²) < 4.78 is 0. The Hall–Kier alpha value is -0.0831. The minimum Gasteiger partial charge on any atom is -0.434 e. The molecule has 0 saturated heterocycles. The van der Waals surface area contributed by atoms with Crippen molar-refractivity contribution in [3.8, 4) is 0 Å². The van der Waals surface area contributed by atoms with E-state index in [0.717, 1.165) is 0 Å². The average molecular weight is 228 g/mol. The van der Waals surface area contributed by atoms with Gasteiger partial charge >= 0.3 is 0 Å². The maximum Gasteiger partial charge on any atom is 0.184 e. The van der Waals surface area contributed by atoms with Crippen molar-refractivity contribution < 1.29 is 4.80 Å². The van der Waals surface area contributed by atoms with Gasteiger partial charge in [0.2, 0.25) is 0 Å². The summed E-state index contributed by atoms with van der Waals surface area (Å²) in [5, 5.41) is 1.40. The molecule has 0 fully saturated rings. The molecule has 90 valence electrons. The van der Waals surface area contributed by atoms with Gasteiger partial charge in [0, 0.05) is 0 Å². The van der Waals surface area contributed by atoms with Crippen LogP contribution in [0.3, 0.4) is 0 Å². The van der Waals surface area contributed by atoms with E-state index in [2.05, 4.69) is 34.6 Å². The first-order chi connectivity index (χ1) is 7.04. The van der Waals surface area contributed by atoms with Gasteiger partial charge in [0.1, 0.15) is 0 Å². The number of hydrogen-bond acceptors (Lipinski definition) is 1. The molecule has 0 aliphatic heterocycles. The van der Waals surface area contributed by atoms with Gasteiger partial charge in [0.15, 0.2) is 9.76 Å². The Bertz CT molecular complexity index is 195. The average Bonchev–Trinajstić information content (AvgIpc) is 2.16. The van der Waals surface area contributed by atoms with Gasteiger partial charge in [-0.2, -0.15) is 0 Å². The normalized spacial score (nSPS) is 14.4. The van der Waals surface area contributed by atoms with Crippen LogP contribution in [0.4, 0.5) is 0 Å². The highest BCUT2D eigenvalue weighted by Gasteiger charge is 2.13. The van der Waals surface area contributed by atoms with Crippen molar-refractivity contribution in [2.45, 2.75) is 60.3 Å². The van der Waals surface area contributed by atoms with Gasteiger partial charge in [0.25, 0.3) is 0 Å². The SMILES string of the molecule is CCCCCC(=C([SiH2]O)C(C)C)C(C)C. The highest BCUT2D eigenvalue weighted by Crippen LogP contribution is 2.25. The summed E-state index contributed by atoms with van der Waals surface area (Å²) in [6.07, 6.45) is 5.08. The summed E-state index contributed by atoms with van der Waals surface area (Å²) in [6, 6.07) is 0. The molecule has 1 N–H and O–H groups in total. The van der Waals surface area contributed by atoms with Gasteiger partial charge in [-0.3, -0.25) is 0 Å². The van der Waals surface area contributed by atoms with Crippen LogP contribution < -0.4 is 0 Å². The van der Waals surface area contributed by atoms with E-state index >= 15 is 0 Å². The summed E-state index contributed by atoms with van der Waals surface area (Å²) in [5.74, 6) is 1.15. The molecule has 2 heteroatoms. The summed E-state index contributed by atoms with van der Waals surface area (Å²) in [7, 11) is -0.964. The lowest BCUT2D eigenvalue weighted by Crippen LogP contribution is -2.11. The first-order valence-electron chi connectivity index (χ1n) is 6.37. The molecule has 0 rings (SSSR count). The smallest absolute Gasteiger partial charge is 0.184 e. The van der Waals surface area contributed by atoms with Crippen molar-refractivity contribution in [3.05, 3.63) is 10.8 Å². The van der Waals surface area contributed by atoms with E-state index < -0.39 is 9.76 Å². The fraction of sp³-hybridized carbons (Fsp3) is 0.846. The van der Waals surface area contributed by atoms with Gasteiger partial charge in [-0.15, -0.1) is 0 Å². The summed E-state index contributed by atoms with van der Waals surface area (Å²) in [6.45, 7) is 11.2. The van der Waals surface area contributed by atoms with Crippen LogP contribution in [0, 0.1) is 11.8 Å². The van der Waals surface area contributed by atoms with Crippen LogP contribution in [0.25, 0.3) is 0 Å². The fourth-order valence-corrected chi connectivity index (χ4v) is 3.19. The van der Waals surface area contributed by atoms with Crippen molar-refractivity contribution in [1.82, 2.24) is 0 Å². The Kier molecular flexibility index (Phi) is 8.07. The van der Waals surface area contributed by atoms with Crippen molar-refractivity contribution in [3.63, 3.8) is 0 Å². The second-order valence-electron chi connectivity index (χ2n) is 4.98. The molecule has 1 nitrogen and oxygen atoms in total. The summed E-state index contributed by atoms with van der Waals surface area (Å²) in [4.78, 5) is 9.55. The molecule has 0 aliphatic rings. The zero-order valence-corrected chi connectivity index (χ0v) is 12.6. The first kappa shape index (κ1) is 14.9. The zero-order valence-electron chi connectivity index (χ0n) is 11.1. The minimum atomic E-state index is -0.964. The molecule has 0 aromatic rings. The number of unbranched alkanes of at least 4 members (excludes halogenated alkanes) is 2. The van der Waals surface area contributed by atoms with Gasteiger partial charge < -0.3 is 4.80 Å². The maximum absolute atomic E-state index is 9.55. The molecule has 0 aromatic heterocycles. The molecule has 15 heavy (non-hydrogen) atoms. The Morgan fingerprint density at radius 1 is 1.07 bits per heavy atom. The topological polar surface area (TPSA) is 20.2 Å². The van der Waals surface area contributed by atoms with Crippen molar-refractivity contribution in [2.75, 3.05) is 0 Å². The van der Waals surface area contributed by atoms with Gasteiger partial charge in [0.05, 0.1) is 0 Å². The van der Waals surface area contributed by atoms with Gasteiger partial charge in [-0.05, 0) is 24.7 Å². The van der Waals surface area contributed by atoms with E-state index in [4.69, 9.17) is 0 Å². The Morgan fingerprint density at radius 3 is 2.00 bits per heavy atom. The third-order valence-electron chi connectivity index (χ3n) is 3.03. The van der Waals surface area contributed by atoms with E-state index in [0.29, 0.717) is 11.8 Å². The van der Waals surface area contributed by atoms with E-state index in [9.17, 15) is 4.80 Å². The standard InChI is InChI=1S/C13H28OSi/c1-6-7-8-9-12(10(2)3)13(15-14)11(4)5/h10-11,14H,6-9,15H2,1-5H3. The van der Waals surface area contributed by atoms with Crippen LogP contribution in [0.15, 0.2) is 10.8 Å². The van der Waals surface area contributed by atoms with Gasteiger partial charge in [-0.1, -0.05) is 58.2 Å². The number of allylic oxidation sites excluding steroid dienone is 2. The quantitative estimate of drug-likeness (QED) is 0.524. The van der Waals surface area contributed by atoms with E-state index in [1.807, 2.05) is 0 Å². The monoisotopic (exact) mass is 228 g/mol. The first-order valence-corrected chi connectivity index (χ1v) is 7.71. The molecule has 0 unspecified atom stereocenters. The van der Waals surface area contributed by atoms with Crippen LogP contribution in [0.2, 0.25) is 0 Å². The van der Waals surface area contributed by atoms with E-state index in [1.165, 1.54) is 30.9 Å². The van der Waals surface area contributed by atoms with Crippen LogP contribution in [-0.4, -0.2) is 14.6 Å². The molecule has 0 amide bonds. The molecule has 0 radical (unpaired) electrons. The molecule has 0 bridgehead atoms. The molecule has 0 saturated carbocycles. The Balaban J connectivity index is 4.59. The van der Waals surface area contributed by atoms with Crippen LogP contribution in [0.5, 0.6) is 0 Å². The largest absolute Gasteiger partial charge is 0.434 e. The lowest BCUT2D eigenvalue weighted by Gasteiger charge is -2.19. The second kappa shape index (κ2) is 8.11. The Morgan fingerprint density at radius 2 is 1.67 bits per heavy atom. The molecule has 0 spiro atoms. The predicted molar refractivity (Wildman–Crippen MR) is 71.6 cm³/mol. The molecule has 0 atom stereocenters. The third kappa shape index (κ3) is 5.52. The number of rotatable bonds is 7. The summed E-state index contributed by atoms with van der Waals surface area (Å²) >= 11 is 0. The lowest BCUT2D eigenvalue weighted by atomic mass is 9.93. The molecular formula is C13H28OSi.